The van der Waals surface area contributed by atoms with E-state index in [1.54, 1.807) is 12.4 Å². The van der Waals surface area contributed by atoms with E-state index in [-0.39, 0.29) is 30.0 Å². The Morgan fingerprint density at radius 1 is 1.40 bits per heavy atom. The number of nitrogens with zero attached hydrogens (tertiary/aromatic N) is 4. The van der Waals surface area contributed by atoms with E-state index in [9.17, 15) is 0 Å². The van der Waals surface area contributed by atoms with Gasteiger partial charge in [0.05, 0.1) is 12.6 Å². The number of benzene rings is 1. The summed E-state index contributed by atoms with van der Waals surface area (Å²) in [6.45, 7) is 7.92. The van der Waals surface area contributed by atoms with Gasteiger partial charge in [0.2, 0.25) is 0 Å². The van der Waals surface area contributed by atoms with Crippen molar-refractivity contribution in [2.24, 2.45) is 10.9 Å². The largest absolute Gasteiger partial charge is 0.381 e. The summed E-state index contributed by atoms with van der Waals surface area (Å²) in [5.74, 6) is 2.19. The summed E-state index contributed by atoms with van der Waals surface area (Å²) in [4.78, 5) is 4.78. The van der Waals surface area contributed by atoms with E-state index in [2.05, 4.69) is 39.2 Å². The van der Waals surface area contributed by atoms with Crippen LogP contribution >= 0.6 is 47.2 Å². The first-order valence-corrected chi connectivity index (χ1v) is 10.8. The van der Waals surface area contributed by atoms with Crippen molar-refractivity contribution in [1.82, 2.24) is 25.4 Å². The molecule has 0 amide bonds. The summed E-state index contributed by atoms with van der Waals surface area (Å²) in [5, 5.41) is 16.2. The van der Waals surface area contributed by atoms with Crippen LogP contribution < -0.4 is 10.6 Å². The molecule has 1 fully saturated rings. The van der Waals surface area contributed by atoms with Crippen molar-refractivity contribution >= 4 is 53.1 Å². The second kappa shape index (κ2) is 12.7. The minimum atomic E-state index is -0.0213. The zero-order chi connectivity index (χ0) is 20.6. The Hall–Kier alpha value is -1.10. The molecule has 1 aliphatic heterocycles. The first kappa shape index (κ1) is 25.2. The molecule has 10 heteroatoms. The summed E-state index contributed by atoms with van der Waals surface area (Å²) in [5.41, 5.74) is 0.974. The van der Waals surface area contributed by atoms with Crippen LogP contribution in [0.3, 0.4) is 0 Å². The average Bonchev–Trinajstić information content (AvgIpc) is 3.37. The Morgan fingerprint density at radius 3 is 2.93 bits per heavy atom. The number of ether oxygens (including phenoxy) is 1. The van der Waals surface area contributed by atoms with Gasteiger partial charge >= 0.3 is 0 Å². The number of guanidine groups is 1. The normalized spacial score (nSPS) is 17.5. The van der Waals surface area contributed by atoms with Gasteiger partial charge in [0.25, 0.3) is 0 Å². The molecule has 2 atom stereocenters. The van der Waals surface area contributed by atoms with Gasteiger partial charge in [-0.2, -0.15) is 0 Å². The Bertz CT molecular complexity index is 825. The summed E-state index contributed by atoms with van der Waals surface area (Å²) >= 11 is 12.4. The van der Waals surface area contributed by atoms with Gasteiger partial charge in [-0.25, -0.2) is 0 Å². The van der Waals surface area contributed by atoms with Gasteiger partial charge in [-0.3, -0.25) is 4.99 Å². The second-order valence-electron chi connectivity index (χ2n) is 7.17. The highest BCUT2D eigenvalue weighted by Gasteiger charge is 2.16. The number of halogens is 3. The van der Waals surface area contributed by atoms with Crippen molar-refractivity contribution in [1.29, 1.82) is 0 Å². The van der Waals surface area contributed by atoms with E-state index >= 15 is 0 Å². The van der Waals surface area contributed by atoms with Crippen LogP contribution in [0.5, 0.6) is 0 Å². The molecule has 0 saturated carbocycles. The molecule has 1 saturated heterocycles. The van der Waals surface area contributed by atoms with E-state index in [1.807, 2.05) is 12.1 Å². The van der Waals surface area contributed by atoms with E-state index in [0.717, 1.165) is 56.5 Å². The molecular formula is C20H29Cl2IN6O. The molecule has 0 spiro atoms. The molecule has 2 N–H and O–H groups in total. The molecule has 1 aliphatic rings. The fourth-order valence-corrected chi connectivity index (χ4v) is 3.84. The lowest BCUT2D eigenvalue weighted by Gasteiger charge is -2.20. The third-order valence-electron chi connectivity index (χ3n) is 4.97. The van der Waals surface area contributed by atoms with Gasteiger partial charge < -0.3 is 19.9 Å². The smallest absolute Gasteiger partial charge is 0.191 e. The summed E-state index contributed by atoms with van der Waals surface area (Å²) in [6.07, 6.45) is 3.67. The molecule has 2 unspecified atom stereocenters. The zero-order valence-corrected chi connectivity index (χ0v) is 21.1. The molecule has 0 aliphatic carbocycles. The van der Waals surface area contributed by atoms with E-state index in [4.69, 9.17) is 32.9 Å². The standard InChI is InChI=1S/C20H28Cl2N6O.HI/c1-3-19-27-25-13-28(19)8-7-23-20(24-11-15-6-9-29-12-15)26-14(2)17-5-4-16(21)10-18(17)22;/h4-5,10,13-15H,3,6-9,11-12H2,1-2H3,(H2,23,24,26);1H. The molecule has 1 aromatic carbocycles. The number of rotatable bonds is 8. The molecular weight excluding hydrogens is 538 g/mol. The van der Waals surface area contributed by atoms with Crippen LogP contribution in [0.15, 0.2) is 29.5 Å². The maximum atomic E-state index is 6.38. The SMILES string of the molecule is CCc1nncn1CCNC(=NCC1CCOC1)NC(C)c1ccc(Cl)cc1Cl.I. The minimum Gasteiger partial charge on any atom is -0.381 e. The van der Waals surface area contributed by atoms with Crippen molar-refractivity contribution in [2.75, 3.05) is 26.3 Å². The number of nitrogens with one attached hydrogen (secondary N) is 2. The summed E-state index contributed by atoms with van der Waals surface area (Å²) in [7, 11) is 0. The highest BCUT2D eigenvalue weighted by molar-refractivity contribution is 14.0. The number of aromatic nitrogens is 3. The maximum absolute atomic E-state index is 6.38. The van der Waals surface area contributed by atoms with Crippen molar-refractivity contribution < 1.29 is 4.74 Å². The van der Waals surface area contributed by atoms with E-state index < -0.39 is 0 Å². The fourth-order valence-electron chi connectivity index (χ4n) is 3.27. The van der Waals surface area contributed by atoms with Gasteiger partial charge in [0, 0.05) is 48.6 Å². The molecule has 30 heavy (non-hydrogen) atoms. The predicted molar refractivity (Wildman–Crippen MR) is 132 cm³/mol. The second-order valence-corrected chi connectivity index (χ2v) is 8.02. The summed E-state index contributed by atoms with van der Waals surface area (Å²) < 4.78 is 7.52. The van der Waals surface area contributed by atoms with Crippen LogP contribution in [-0.4, -0.2) is 47.0 Å². The van der Waals surface area contributed by atoms with Crippen LogP contribution in [0, 0.1) is 5.92 Å². The first-order chi connectivity index (χ1) is 14.1. The van der Waals surface area contributed by atoms with E-state index in [1.165, 1.54) is 0 Å². The van der Waals surface area contributed by atoms with Crippen LogP contribution in [0.1, 0.15) is 37.7 Å². The number of hydrogen-bond donors (Lipinski definition) is 2. The topological polar surface area (TPSA) is 76.4 Å². The highest BCUT2D eigenvalue weighted by Crippen LogP contribution is 2.26. The molecule has 0 radical (unpaired) electrons. The van der Waals surface area contributed by atoms with Crippen molar-refractivity contribution in [3.8, 4) is 0 Å². The molecule has 7 nitrogen and oxygen atoms in total. The van der Waals surface area contributed by atoms with Gasteiger partial charge in [-0.1, -0.05) is 36.2 Å². The van der Waals surface area contributed by atoms with Crippen LogP contribution in [0.25, 0.3) is 0 Å². The third-order valence-corrected chi connectivity index (χ3v) is 5.53. The predicted octanol–water partition coefficient (Wildman–Crippen LogP) is 4.10. The molecule has 2 aromatic rings. The monoisotopic (exact) mass is 566 g/mol. The molecule has 2 heterocycles. The van der Waals surface area contributed by atoms with Crippen molar-refractivity contribution in [3.63, 3.8) is 0 Å². The lowest BCUT2D eigenvalue weighted by atomic mass is 10.1. The Labute approximate surface area is 205 Å². The summed E-state index contributed by atoms with van der Waals surface area (Å²) in [6, 6.07) is 5.52. The van der Waals surface area contributed by atoms with Gasteiger partial charge in [-0.15, -0.1) is 34.2 Å². The Balaban J connectivity index is 0.00000320. The average molecular weight is 567 g/mol. The molecule has 3 rings (SSSR count). The first-order valence-electron chi connectivity index (χ1n) is 10.0. The number of aryl methyl sites for hydroxylation is 1. The molecule has 166 valence electrons. The lowest BCUT2D eigenvalue weighted by Crippen LogP contribution is -2.40. The van der Waals surface area contributed by atoms with Crippen LogP contribution in [0.2, 0.25) is 10.0 Å². The van der Waals surface area contributed by atoms with Gasteiger partial charge in [0.15, 0.2) is 5.96 Å². The van der Waals surface area contributed by atoms with Crippen LogP contribution in [-0.2, 0) is 17.7 Å². The highest BCUT2D eigenvalue weighted by atomic mass is 127. The Kier molecular flexibility index (Phi) is 10.6. The number of hydrogen-bond acceptors (Lipinski definition) is 4. The van der Waals surface area contributed by atoms with Gasteiger partial charge in [0.1, 0.15) is 12.2 Å². The zero-order valence-electron chi connectivity index (χ0n) is 17.3. The van der Waals surface area contributed by atoms with Gasteiger partial charge in [-0.05, 0) is 31.0 Å². The van der Waals surface area contributed by atoms with Crippen molar-refractivity contribution in [3.05, 3.63) is 46.0 Å². The lowest BCUT2D eigenvalue weighted by molar-refractivity contribution is 0.187. The third kappa shape index (κ3) is 7.25. The van der Waals surface area contributed by atoms with Crippen molar-refractivity contribution in [2.45, 2.75) is 39.3 Å². The Morgan fingerprint density at radius 2 is 2.23 bits per heavy atom. The van der Waals surface area contributed by atoms with Crippen LogP contribution in [0.4, 0.5) is 0 Å². The number of aliphatic imine (C=N–C) groups is 1. The minimum absolute atomic E-state index is 0. The fraction of sp³-hybridized carbons (Fsp3) is 0.550. The molecule has 1 aromatic heterocycles. The van der Waals surface area contributed by atoms with E-state index in [0.29, 0.717) is 22.5 Å². The maximum Gasteiger partial charge on any atom is 0.191 e. The molecule has 0 bridgehead atoms. The quantitative estimate of drug-likeness (QED) is 0.286.